The van der Waals surface area contributed by atoms with Crippen LogP contribution in [0, 0.1) is 0 Å². The van der Waals surface area contributed by atoms with Crippen LogP contribution in [0.15, 0.2) is 29.6 Å². The summed E-state index contributed by atoms with van der Waals surface area (Å²) in [6.07, 6.45) is 0.902. The molecule has 0 spiro atoms. The molecule has 1 heterocycles. The number of carbonyl (C=O) groups is 2. The van der Waals surface area contributed by atoms with Crippen molar-refractivity contribution in [1.82, 2.24) is 5.32 Å². The van der Waals surface area contributed by atoms with Crippen molar-refractivity contribution in [1.29, 1.82) is 0 Å². The third kappa shape index (κ3) is 3.32. The van der Waals surface area contributed by atoms with Gasteiger partial charge in [-0.2, -0.15) is 0 Å². The van der Waals surface area contributed by atoms with E-state index >= 15 is 0 Å². The molecule has 2 rings (SSSR count). The molecule has 19 heavy (non-hydrogen) atoms. The van der Waals surface area contributed by atoms with Crippen molar-refractivity contribution in [2.45, 2.75) is 12.8 Å². The second-order valence-corrected chi connectivity index (χ2v) is 5.00. The Morgan fingerprint density at radius 2 is 2.16 bits per heavy atom. The van der Waals surface area contributed by atoms with Crippen LogP contribution in [0.3, 0.4) is 0 Å². The third-order valence-corrected chi connectivity index (χ3v) is 3.76. The topological polar surface area (TPSA) is 55.4 Å². The van der Waals surface area contributed by atoms with Crippen LogP contribution in [-0.2, 0) is 9.53 Å². The summed E-state index contributed by atoms with van der Waals surface area (Å²) < 4.78 is 5.53. The van der Waals surface area contributed by atoms with Gasteiger partial charge in [0, 0.05) is 17.7 Å². The summed E-state index contributed by atoms with van der Waals surface area (Å²) in [4.78, 5) is 23.0. The zero-order chi connectivity index (χ0) is 13.7. The molecular formula is C14H15NO3S. The molecule has 1 aromatic heterocycles. The van der Waals surface area contributed by atoms with Crippen LogP contribution < -0.4 is 5.32 Å². The van der Waals surface area contributed by atoms with Crippen LogP contribution in [0.5, 0.6) is 0 Å². The van der Waals surface area contributed by atoms with E-state index in [9.17, 15) is 9.59 Å². The SMILES string of the molecule is COC(=O)CCCNC(=O)c1cccc2ccsc12. The fourth-order valence-electron chi connectivity index (χ4n) is 1.80. The van der Waals surface area contributed by atoms with Gasteiger partial charge in [0.05, 0.1) is 12.7 Å². The van der Waals surface area contributed by atoms with Gasteiger partial charge in [0.25, 0.3) is 5.91 Å². The minimum atomic E-state index is -0.255. The second-order valence-electron chi connectivity index (χ2n) is 4.08. The lowest BCUT2D eigenvalue weighted by atomic mass is 10.1. The summed E-state index contributed by atoms with van der Waals surface area (Å²) in [5, 5.41) is 5.87. The number of fused-ring (bicyclic) bond motifs is 1. The molecule has 5 heteroatoms. The summed E-state index contributed by atoms with van der Waals surface area (Å²) in [5.74, 6) is -0.354. The van der Waals surface area contributed by atoms with Crippen LogP contribution in [-0.4, -0.2) is 25.5 Å². The van der Waals surface area contributed by atoms with Crippen molar-refractivity contribution in [3.63, 3.8) is 0 Å². The fraction of sp³-hybridized carbons (Fsp3) is 0.286. The van der Waals surface area contributed by atoms with Gasteiger partial charge >= 0.3 is 5.97 Å². The molecule has 1 N–H and O–H groups in total. The lowest BCUT2D eigenvalue weighted by Gasteiger charge is -2.05. The van der Waals surface area contributed by atoms with E-state index in [-0.39, 0.29) is 11.9 Å². The van der Waals surface area contributed by atoms with Crippen LogP contribution in [0.2, 0.25) is 0 Å². The van der Waals surface area contributed by atoms with Crippen molar-refractivity contribution in [3.05, 3.63) is 35.2 Å². The Morgan fingerprint density at radius 3 is 2.95 bits per heavy atom. The number of nitrogens with one attached hydrogen (secondary N) is 1. The Labute approximate surface area is 115 Å². The van der Waals surface area contributed by atoms with Gasteiger partial charge in [0.15, 0.2) is 0 Å². The van der Waals surface area contributed by atoms with Gasteiger partial charge in [0.1, 0.15) is 0 Å². The number of ether oxygens (including phenoxy) is 1. The van der Waals surface area contributed by atoms with Crippen LogP contribution in [0.1, 0.15) is 23.2 Å². The van der Waals surface area contributed by atoms with E-state index in [1.54, 1.807) is 11.3 Å². The highest BCUT2D eigenvalue weighted by molar-refractivity contribution is 7.17. The fourth-order valence-corrected chi connectivity index (χ4v) is 2.71. The highest BCUT2D eigenvalue weighted by atomic mass is 32.1. The number of carbonyl (C=O) groups excluding carboxylic acids is 2. The Bertz CT molecular complexity index is 591. The molecule has 0 saturated heterocycles. The highest BCUT2D eigenvalue weighted by Gasteiger charge is 2.10. The minimum absolute atomic E-state index is 0.0992. The Morgan fingerprint density at radius 1 is 1.32 bits per heavy atom. The van der Waals surface area contributed by atoms with E-state index in [2.05, 4.69) is 10.1 Å². The number of esters is 1. The molecule has 1 aromatic carbocycles. The van der Waals surface area contributed by atoms with E-state index in [4.69, 9.17) is 0 Å². The predicted molar refractivity (Wildman–Crippen MR) is 75.4 cm³/mol. The minimum Gasteiger partial charge on any atom is -0.469 e. The molecule has 0 bridgehead atoms. The van der Waals surface area contributed by atoms with Crippen LogP contribution >= 0.6 is 11.3 Å². The largest absolute Gasteiger partial charge is 0.469 e. The van der Waals surface area contributed by atoms with Gasteiger partial charge in [0.2, 0.25) is 0 Å². The molecule has 0 atom stereocenters. The number of benzene rings is 1. The molecule has 0 saturated carbocycles. The molecule has 1 amide bonds. The second kappa shape index (κ2) is 6.33. The lowest BCUT2D eigenvalue weighted by molar-refractivity contribution is -0.140. The summed E-state index contributed by atoms with van der Waals surface area (Å²) >= 11 is 1.56. The molecule has 0 unspecified atom stereocenters. The van der Waals surface area contributed by atoms with Crippen molar-refractivity contribution in [2.24, 2.45) is 0 Å². The van der Waals surface area contributed by atoms with E-state index in [0.29, 0.717) is 24.9 Å². The zero-order valence-electron chi connectivity index (χ0n) is 10.6. The molecule has 0 fully saturated rings. The summed E-state index contributed by atoms with van der Waals surface area (Å²) in [7, 11) is 1.36. The standard InChI is InChI=1S/C14H15NO3S/c1-18-12(16)6-3-8-15-14(17)11-5-2-4-10-7-9-19-13(10)11/h2,4-5,7,9H,3,6,8H2,1H3,(H,15,17). The average Bonchev–Trinajstić information content (AvgIpc) is 2.91. The number of rotatable bonds is 5. The number of hydrogen-bond donors (Lipinski definition) is 1. The first-order chi connectivity index (χ1) is 9.22. The average molecular weight is 277 g/mol. The van der Waals surface area contributed by atoms with Gasteiger partial charge in [-0.05, 0) is 29.3 Å². The smallest absolute Gasteiger partial charge is 0.305 e. The number of hydrogen-bond acceptors (Lipinski definition) is 4. The van der Waals surface area contributed by atoms with Crippen molar-refractivity contribution in [3.8, 4) is 0 Å². The molecular weight excluding hydrogens is 262 g/mol. The Balaban J connectivity index is 1.93. The Kier molecular flexibility index (Phi) is 4.52. The van der Waals surface area contributed by atoms with Gasteiger partial charge in [-0.3, -0.25) is 9.59 Å². The quantitative estimate of drug-likeness (QED) is 0.675. The summed E-state index contributed by atoms with van der Waals surface area (Å²) in [6, 6.07) is 7.67. The normalized spacial score (nSPS) is 10.4. The predicted octanol–water partition coefficient (Wildman–Crippen LogP) is 2.58. The van der Waals surface area contributed by atoms with Gasteiger partial charge in [-0.15, -0.1) is 11.3 Å². The molecule has 0 radical (unpaired) electrons. The van der Waals surface area contributed by atoms with E-state index in [1.807, 2.05) is 29.6 Å². The zero-order valence-corrected chi connectivity index (χ0v) is 11.5. The van der Waals surface area contributed by atoms with Crippen LogP contribution in [0.4, 0.5) is 0 Å². The lowest BCUT2D eigenvalue weighted by Crippen LogP contribution is -2.25. The number of thiophene rings is 1. The first-order valence-corrected chi connectivity index (χ1v) is 6.91. The van der Waals surface area contributed by atoms with E-state index in [1.165, 1.54) is 7.11 Å². The van der Waals surface area contributed by atoms with Gasteiger partial charge in [-0.1, -0.05) is 12.1 Å². The summed E-state index contributed by atoms with van der Waals surface area (Å²) in [6.45, 7) is 0.468. The monoisotopic (exact) mass is 277 g/mol. The molecule has 0 aliphatic rings. The molecule has 4 nitrogen and oxygen atoms in total. The van der Waals surface area contributed by atoms with Crippen molar-refractivity contribution < 1.29 is 14.3 Å². The molecule has 0 aliphatic carbocycles. The van der Waals surface area contributed by atoms with E-state index < -0.39 is 0 Å². The molecule has 2 aromatic rings. The molecule has 100 valence electrons. The number of amides is 1. The van der Waals surface area contributed by atoms with Crippen LogP contribution in [0.25, 0.3) is 10.1 Å². The maximum atomic E-state index is 12.1. The van der Waals surface area contributed by atoms with E-state index in [0.717, 1.165) is 10.1 Å². The van der Waals surface area contributed by atoms with Gasteiger partial charge < -0.3 is 10.1 Å². The van der Waals surface area contributed by atoms with Gasteiger partial charge in [-0.25, -0.2) is 0 Å². The summed E-state index contributed by atoms with van der Waals surface area (Å²) in [5.41, 5.74) is 0.686. The van der Waals surface area contributed by atoms with Crippen molar-refractivity contribution in [2.75, 3.05) is 13.7 Å². The third-order valence-electron chi connectivity index (χ3n) is 2.79. The maximum absolute atomic E-state index is 12.1. The Hall–Kier alpha value is -1.88. The first kappa shape index (κ1) is 13.5. The molecule has 0 aliphatic heterocycles. The number of methoxy groups -OCH3 is 1. The maximum Gasteiger partial charge on any atom is 0.305 e. The highest BCUT2D eigenvalue weighted by Crippen LogP contribution is 2.24. The first-order valence-electron chi connectivity index (χ1n) is 6.03. The van der Waals surface area contributed by atoms with Crippen molar-refractivity contribution >= 4 is 33.3 Å².